The third-order valence-electron chi connectivity index (χ3n) is 2.03. The van der Waals surface area contributed by atoms with Gasteiger partial charge in [0.2, 0.25) is 5.88 Å². The minimum Gasteiger partial charge on any atom is -0.387 e. The lowest BCUT2D eigenvalue weighted by Crippen LogP contribution is -2.23. The molecule has 1 rings (SSSR count). The lowest BCUT2D eigenvalue weighted by atomic mass is 10.2. The molecule has 0 amide bonds. The molecule has 0 atom stereocenters. The van der Waals surface area contributed by atoms with Crippen molar-refractivity contribution in [3.8, 4) is 5.88 Å². The van der Waals surface area contributed by atoms with E-state index < -0.39 is 50.0 Å². The van der Waals surface area contributed by atoms with E-state index in [9.17, 15) is 34.8 Å². The summed E-state index contributed by atoms with van der Waals surface area (Å²) in [7, 11) is -0.204. The maximum absolute atomic E-state index is 12.9. The van der Waals surface area contributed by atoms with E-state index >= 15 is 0 Å². The maximum atomic E-state index is 12.9. The molecule has 2 N–H and O–H groups in total. The summed E-state index contributed by atoms with van der Waals surface area (Å²) < 4.78 is 100. The van der Waals surface area contributed by atoms with Crippen molar-refractivity contribution in [3.05, 3.63) is 17.3 Å². The van der Waals surface area contributed by atoms with E-state index in [1.165, 1.54) is 0 Å². The Bertz CT molecular complexity index is 643. The Morgan fingerprint density at radius 3 is 2.10 bits per heavy atom. The van der Waals surface area contributed by atoms with E-state index in [0.29, 0.717) is 6.20 Å². The van der Waals surface area contributed by atoms with Crippen molar-refractivity contribution in [3.63, 3.8) is 0 Å². The largest absolute Gasteiger partial charge is 0.574 e. The van der Waals surface area contributed by atoms with Gasteiger partial charge in [0.05, 0.1) is 0 Å². The van der Waals surface area contributed by atoms with Gasteiger partial charge in [-0.15, -0.1) is 13.2 Å². The second-order valence-electron chi connectivity index (χ2n) is 3.48. The minimum atomic E-state index is -5.52. The third-order valence-corrected chi connectivity index (χ3v) is 3.45. The smallest absolute Gasteiger partial charge is 0.387 e. The van der Waals surface area contributed by atoms with Gasteiger partial charge in [-0.05, 0) is 0 Å². The molecule has 1 aromatic heterocycles. The number of rotatable bonds is 3. The fraction of sp³-hybridized carbons (Fsp3) is 0.375. The van der Waals surface area contributed by atoms with E-state index in [1.54, 1.807) is 0 Å². The number of halogens is 7. The highest BCUT2D eigenvalue weighted by Crippen LogP contribution is 2.43. The van der Waals surface area contributed by atoms with Crippen molar-refractivity contribution in [2.75, 3.05) is 0 Å². The Morgan fingerprint density at radius 1 is 1.24 bits per heavy atom. The summed E-state index contributed by atoms with van der Waals surface area (Å²) in [6.45, 7) is -0.746. The Kier molecular flexibility index (Phi) is 4.65. The lowest BCUT2D eigenvalue weighted by molar-refractivity contribution is -0.278. The van der Waals surface area contributed by atoms with Crippen LogP contribution in [0.5, 0.6) is 5.88 Å². The molecular formula is C8H5ClF6N2O3S. The number of hydrogen-bond acceptors (Lipinski definition) is 5. The highest BCUT2D eigenvalue weighted by Gasteiger charge is 2.45. The van der Waals surface area contributed by atoms with Crippen LogP contribution in [0, 0.1) is 0 Å². The molecule has 1 aromatic rings. The van der Waals surface area contributed by atoms with Crippen LogP contribution in [-0.4, -0.2) is 19.8 Å². The number of alkyl halides is 6. The molecule has 120 valence electrons. The molecule has 1 heterocycles. The first-order valence-electron chi connectivity index (χ1n) is 4.77. The van der Waals surface area contributed by atoms with Gasteiger partial charge >= 0.3 is 12.5 Å². The quantitative estimate of drug-likeness (QED) is 0.662. The molecule has 0 radical (unpaired) electrons. The number of hydrogen-bond donors (Lipinski definition) is 1. The van der Waals surface area contributed by atoms with Crippen molar-refractivity contribution in [2.45, 2.75) is 24.0 Å². The molecule has 0 aliphatic carbocycles. The van der Waals surface area contributed by atoms with E-state index in [0.717, 1.165) is 0 Å². The van der Waals surface area contributed by atoms with Gasteiger partial charge in [-0.2, -0.15) is 13.2 Å². The molecule has 0 saturated heterocycles. The standard InChI is InChI=1S/C8H5ClF6N2O3S/c9-21(18,19)5-3(1-16)2-17-6(20-8(13,14)15)4(5)7(10,11)12/h2H,1,16H2. The van der Waals surface area contributed by atoms with Crippen molar-refractivity contribution in [1.29, 1.82) is 0 Å². The molecule has 0 fully saturated rings. The molecule has 0 aliphatic heterocycles. The van der Waals surface area contributed by atoms with Crippen LogP contribution < -0.4 is 10.5 Å². The van der Waals surface area contributed by atoms with Gasteiger partial charge in [-0.25, -0.2) is 13.4 Å². The summed E-state index contributed by atoms with van der Waals surface area (Å²) in [5.74, 6) is -1.98. The van der Waals surface area contributed by atoms with E-state index in [1.807, 2.05) is 0 Å². The summed E-state index contributed by atoms with van der Waals surface area (Å²) in [5, 5.41) is 0. The monoisotopic (exact) mass is 358 g/mol. The van der Waals surface area contributed by atoms with Gasteiger partial charge in [-0.3, -0.25) is 0 Å². The van der Waals surface area contributed by atoms with Crippen molar-refractivity contribution in [2.24, 2.45) is 5.73 Å². The van der Waals surface area contributed by atoms with Crippen molar-refractivity contribution >= 4 is 19.7 Å². The average Bonchev–Trinajstić information content (AvgIpc) is 2.23. The second kappa shape index (κ2) is 5.50. The normalized spacial score (nSPS) is 13.3. The van der Waals surface area contributed by atoms with Gasteiger partial charge in [0.1, 0.15) is 10.5 Å². The predicted molar refractivity (Wildman–Crippen MR) is 56.9 cm³/mol. The Balaban J connectivity index is 3.78. The van der Waals surface area contributed by atoms with Crippen LogP contribution in [0.2, 0.25) is 0 Å². The number of nitrogens with zero attached hydrogens (tertiary/aromatic N) is 1. The summed E-state index contributed by atoms with van der Waals surface area (Å²) in [5.41, 5.74) is 2.08. The minimum absolute atomic E-state index is 0.408. The van der Waals surface area contributed by atoms with E-state index in [2.05, 4.69) is 9.72 Å². The zero-order valence-electron chi connectivity index (χ0n) is 9.59. The zero-order valence-corrected chi connectivity index (χ0v) is 11.2. The summed E-state index contributed by atoms with van der Waals surface area (Å²) in [6.07, 6.45) is -10.6. The van der Waals surface area contributed by atoms with E-state index in [-0.39, 0.29) is 0 Å². The molecule has 0 spiro atoms. The van der Waals surface area contributed by atoms with Gasteiger partial charge in [-0.1, -0.05) is 0 Å². The van der Waals surface area contributed by atoms with Crippen LogP contribution >= 0.6 is 10.7 Å². The topological polar surface area (TPSA) is 82.3 Å². The highest BCUT2D eigenvalue weighted by atomic mass is 35.7. The van der Waals surface area contributed by atoms with Crippen LogP contribution in [0.4, 0.5) is 26.3 Å². The summed E-state index contributed by atoms with van der Waals surface area (Å²) >= 11 is 0. The van der Waals surface area contributed by atoms with Crippen LogP contribution in [0.3, 0.4) is 0 Å². The number of aromatic nitrogens is 1. The van der Waals surface area contributed by atoms with Crippen LogP contribution in [0.1, 0.15) is 11.1 Å². The Labute approximate surface area is 118 Å². The molecule has 5 nitrogen and oxygen atoms in total. The molecular weight excluding hydrogens is 354 g/mol. The lowest BCUT2D eigenvalue weighted by Gasteiger charge is -2.18. The van der Waals surface area contributed by atoms with Gasteiger partial charge in [0.15, 0.2) is 0 Å². The first-order chi connectivity index (χ1) is 9.27. The Morgan fingerprint density at radius 2 is 1.76 bits per heavy atom. The highest BCUT2D eigenvalue weighted by molar-refractivity contribution is 8.13. The molecule has 0 saturated carbocycles. The third kappa shape index (κ3) is 4.35. The molecule has 0 bridgehead atoms. The van der Waals surface area contributed by atoms with Crippen LogP contribution in [-0.2, 0) is 21.8 Å². The number of ether oxygens (including phenoxy) is 1. The molecule has 13 heteroatoms. The van der Waals surface area contributed by atoms with Gasteiger partial charge in [0, 0.05) is 29.0 Å². The van der Waals surface area contributed by atoms with Gasteiger partial charge in [0.25, 0.3) is 9.05 Å². The Hall–Kier alpha value is -1.27. The molecule has 0 unspecified atom stereocenters. The summed E-state index contributed by atoms with van der Waals surface area (Å²) in [4.78, 5) is 1.19. The molecule has 0 aromatic carbocycles. The van der Waals surface area contributed by atoms with Crippen LogP contribution in [0.15, 0.2) is 11.1 Å². The predicted octanol–water partition coefficient (Wildman–Crippen LogP) is 2.39. The maximum Gasteiger partial charge on any atom is 0.574 e. The fourth-order valence-corrected chi connectivity index (χ4v) is 2.80. The first-order valence-corrected chi connectivity index (χ1v) is 7.08. The van der Waals surface area contributed by atoms with E-state index in [4.69, 9.17) is 16.4 Å². The number of nitrogens with two attached hydrogens (primary N) is 1. The summed E-state index contributed by atoms with van der Waals surface area (Å²) in [6, 6.07) is 0. The molecule has 21 heavy (non-hydrogen) atoms. The first kappa shape index (κ1) is 17.8. The fourth-order valence-electron chi connectivity index (χ4n) is 1.38. The SMILES string of the molecule is NCc1cnc(OC(F)(F)F)c(C(F)(F)F)c1S(=O)(=O)Cl. The zero-order chi connectivity index (χ0) is 16.6. The van der Waals surface area contributed by atoms with Crippen molar-refractivity contribution < 1.29 is 39.5 Å². The van der Waals surface area contributed by atoms with Crippen molar-refractivity contribution in [1.82, 2.24) is 4.98 Å². The van der Waals surface area contributed by atoms with Gasteiger partial charge < -0.3 is 10.5 Å². The molecule has 0 aliphatic rings. The number of pyridine rings is 1. The van der Waals surface area contributed by atoms with Crippen LogP contribution in [0.25, 0.3) is 0 Å². The second-order valence-corrected chi connectivity index (χ2v) is 5.98. The average molecular weight is 359 g/mol.